The second kappa shape index (κ2) is 9.21. The summed E-state index contributed by atoms with van der Waals surface area (Å²) in [4.78, 5) is 24.2. The molecule has 1 saturated carbocycles. The molecule has 0 radical (unpaired) electrons. The minimum absolute atomic E-state index is 0.0676. The van der Waals surface area contributed by atoms with E-state index < -0.39 is 17.5 Å². The maximum absolute atomic E-state index is 12.4. The van der Waals surface area contributed by atoms with Crippen LogP contribution in [0.3, 0.4) is 0 Å². The normalized spacial score (nSPS) is 30.8. The first-order valence-corrected chi connectivity index (χ1v) is 11.2. The van der Waals surface area contributed by atoms with Crippen LogP contribution >= 0.6 is 0 Å². The Morgan fingerprint density at radius 2 is 1.93 bits per heavy atom. The SMILES string of the molecule is CCCCCC1(CCC2C(NC(=O)OC(C)(C)C)CC3OC(=O)CC32)OCCO1. The van der Waals surface area contributed by atoms with Gasteiger partial charge in [-0.05, 0) is 39.5 Å². The number of amides is 1. The fourth-order valence-corrected chi connectivity index (χ4v) is 4.98. The fraction of sp³-hybridized carbons (Fsp3) is 0.909. The molecule has 166 valence electrons. The molecular weight excluding hydrogens is 374 g/mol. The van der Waals surface area contributed by atoms with Gasteiger partial charge in [0.05, 0.1) is 19.6 Å². The molecule has 0 aromatic heterocycles. The van der Waals surface area contributed by atoms with Crippen molar-refractivity contribution in [3.8, 4) is 0 Å². The molecule has 4 atom stereocenters. The molecule has 2 heterocycles. The molecule has 3 aliphatic rings. The van der Waals surface area contributed by atoms with Gasteiger partial charge in [0.2, 0.25) is 0 Å². The Morgan fingerprint density at radius 1 is 1.21 bits per heavy atom. The largest absolute Gasteiger partial charge is 0.462 e. The van der Waals surface area contributed by atoms with Gasteiger partial charge in [-0.15, -0.1) is 0 Å². The molecule has 3 fully saturated rings. The van der Waals surface area contributed by atoms with Crippen LogP contribution in [-0.4, -0.2) is 48.8 Å². The van der Waals surface area contributed by atoms with Crippen molar-refractivity contribution in [2.24, 2.45) is 11.8 Å². The van der Waals surface area contributed by atoms with E-state index in [9.17, 15) is 9.59 Å². The number of hydrogen-bond acceptors (Lipinski definition) is 6. The number of carbonyl (C=O) groups is 2. The van der Waals surface area contributed by atoms with Gasteiger partial charge in [-0.25, -0.2) is 4.79 Å². The van der Waals surface area contributed by atoms with Gasteiger partial charge >= 0.3 is 12.1 Å². The van der Waals surface area contributed by atoms with Crippen LogP contribution in [0.25, 0.3) is 0 Å². The Bertz CT molecular complexity index is 580. The maximum atomic E-state index is 12.4. The lowest BCUT2D eigenvalue weighted by Crippen LogP contribution is -2.42. The highest BCUT2D eigenvalue weighted by Gasteiger charge is 2.51. The molecule has 7 nitrogen and oxygen atoms in total. The van der Waals surface area contributed by atoms with E-state index in [4.69, 9.17) is 18.9 Å². The first kappa shape index (κ1) is 22.3. The van der Waals surface area contributed by atoms with Gasteiger partial charge < -0.3 is 24.3 Å². The standard InChI is InChI=1S/C22H37NO6/c1-5-6-7-9-22(26-11-12-27-22)10-8-15-16-13-19(24)28-18(16)14-17(15)23-20(25)29-21(2,3)4/h15-18H,5-14H2,1-4H3,(H,23,25). The van der Waals surface area contributed by atoms with E-state index in [1.807, 2.05) is 20.8 Å². The molecule has 1 aliphatic carbocycles. The molecule has 7 heteroatoms. The molecule has 29 heavy (non-hydrogen) atoms. The molecular formula is C22H37NO6. The van der Waals surface area contributed by atoms with Crippen LogP contribution < -0.4 is 5.32 Å². The maximum Gasteiger partial charge on any atom is 0.407 e. The number of hydrogen-bond donors (Lipinski definition) is 1. The predicted molar refractivity (Wildman–Crippen MR) is 107 cm³/mol. The number of ether oxygens (including phenoxy) is 4. The topological polar surface area (TPSA) is 83.1 Å². The fourth-order valence-electron chi connectivity index (χ4n) is 4.98. The lowest BCUT2D eigenvalue weighted by molar-refractivity contribution is -0.170. The van der Waals surface area contributed by atoms with Crippen LogP contribution in [0.15, 0.2) is 0 Å². The zero-order valence-corrected chi connectivity index (χ0v) is 18.3. The molecule has 0 spiro atoms. The van der Waals surface area contributed by atoms with E-state index in [0.717, 1.165) is 38.5 Å². The first-order chi connectivity index (χ1) is 13.7. The van der Waals surface area contributed by atoms with Crippen molar-refractivity contribution in [2.45, 2.75) is 103 Å². The molecule has 1 N–H and O–H groups in total. The highest BCUT2D eigenvalue weighted by molar-refractivity contribution is 5.73. The van der Waals surface area contributed by atoms with E-state index in [0.29, 0.717) is 26.1 Å². The Labute approximate surface area is 174 Å². The van der Waals surface area contributed by atoms with E-state index in [2.05, 4.69) is 12.2 Å². The Balaban J connectivity index is 1.64. The minimum atomic E-state index is -0.546. The Kier molecular flexibility index (Phi) is 7.10. The molecule has 3 rings (SSSR count). The van der Waals surface area contributed by atoms with Crippen molar-refractivity contribution >= 4 is 12.1 Å². The summed E-state index contributed by atoms with van der Waals surface area (Å²) < 4.78 is 23.0. The average Bonchev–Trinajstić information content (AvgIpc) is 3.27. The highest BCUT2D eigenvalue weighted by Crippen LogP contribution is 2.45. The summed E-state index contributed by atoms with van der Waals surface area (Å²) in [7, 11) is 0. The first-order valence-electron chi connectivity index (χ1n) is 11.2. The van der Waals surface area contributed by atoms with E-state index in [1.54, 1.807) is 0 Å². The van der Waals surface area contributed by atoms with Gasteiger partial charge in [0.15, 0.2) is 5.79 Å². The molecule has 0 bridgehead atoms. The summed E-state index contributed by atoms with van der Waals surface area (Å²) >= 11 is 0. The van der Waals surface area contributed by atoms with E-state index in [1.165, 1.54) is 0 Å². The van der Waals surface area contributed by atoms with Crippen LogP contribution in [-0.2, 0) is 23.7 Å². The van der Waals surface area contributed by atoms with Crippen LogP contribution in [0.1, 0.15) is 79.1 Å². The molecule has 4 unspecified atom stereocenters. The van der Waals surface area contributed by atoms with Crippen LogP contribution in [0.2, 0.25) is 0 Å². The van der Waals surface area contributed by atoms with Crippen molar-refractivity contribution in [1.82, 2.24) is 5.32 Å². The van der Waals surface area contributed by atoms with Crippen LogP contribution in [0, 0.1) is 11.8 Å². The van der Waals surface area contributed by atoms with Gasteiger partial charge in [-0.2, -0.15) is 0 Å². The molecule has 2 saturated heterocycles. The van der Waals surface area contributed by atoms with E-state index in [-0.39, 0.29) is 30.0 Å². The minimum Gasteiger partial charge on any atom is -0.462 e. The summed E-state index contributed by atoms with van der Waals surface area (Å²) in [5.41, 5.74) is -0.546. The monoisotopic (exact) mass is 411 g/mol. The number of unbranched alkanes of at least 4 members (excludes halogenated alkanes) is 2. The number of esters is 1. The Morgan fingerprint density at radius 3 is 2.59 bits per heavy atom. The summed E-state index contributed by atoms with van der Waals surface area (Å²) in [6.07, 6.45) is 6.42. The lowest BCUT2D eigenvalue weighted by atomic mass is 9.85. The third-order valence-corrected chi connectivity index (χ3v) is 6.25. The lowest BCUT2D eigenvalue weighted by Gasteiger charge is -2.31. The van der Waals surface area contributed by atoms with Gasteiger partial charge in [-0.1, -0.05) is 19.8 Å². The second-order valence-corrected chi connectivity index (χ2v) is 9.65. The predicted octanol–water partition coefficient (Wildman–Crippen LogP) is 3.93. The second-order valence-electron chi connectivity index (χ2n) is 9.65. The molecule has 1 amide bonds. The van der Waals surface area contributed by atoms with Crippen molar-refractivity contribution in [3.05, 3.63) is 0 Å². The van der Waals surface area contributed by atoms with Crippen molar-refractivity contribution in [1.29, 1.82) is 0 Å². The molecule has 0 aromatic carbocycles. The third-order valence-electron chi connectivity index (χ3n) is 6.25. The summed E-state index contributed by atoms with van der Waals surface area (Å²) in [5.74, 6) is -0.370. The van der Waals surface area contributed by atoms with Crippen molar-refractivity contribution in [3.63, 3.8) is 0 Å². The third kappa shape index (κ3) is 5.85. The van der Waals surface area contributed by atoms with Crippen LogP contribution in [0.4, 0.5) is 4.79 Å². The molecule has 2 aliphatic heterocycles. The summed E-state index contributed by atoms with van der Waals surface area (Å²) in [6, 6.07) is -0.0676. The number of nitrogens with one attached hydrogen (secondary N) is 1. The van der Waals surface area contributed by atoms with Crippen molar-refractivity contribution < 1.29 is 28.5 Å². The zero-order chi connectivity index (χ0) is 21.1. The summed E-state index contributed by atoms with van der Waals surface area (Å²) in [5, 5.41) is 3.04. The molecule has 0 aromatic rings. The van der Waals surface area contributed by atoms with Crippen molar-refractivity contribution in [2.75, 3.05) is 13.2 Å². The quantitative estimate of drug-likeness (QED) is 0.481. The highest BCUT2D eigenvalue weighted by atomic mass is 16.7. The summed E-state index contributed by atoms with van der Waals surface area (Å²) in [6.45, 7) is 9.00. The van der Waals surface area contributed by atoms with Gasteiger partial charge in [0, 0.05) is 31.2 Å². The number of fused-ring (bicyclic) bond motifs is 1. The number of carbonyl (C=O) groups excluding carboxylic acids is 2. The van der Waals surface area contributed by atoms with E-state index >= 15 is 0 Å². The number of alkyl carbamates (subject to hydrolysis) is 1. The Hall–Kier alpha value is -1.34. The van der Waals surface area contributed by atoms with Gasteiger partial charge in [0.1, 0.15) is 11.7 Å². The average molecular weight is 412 g/mol. The smallest absolute Gasteiger partial charge is 0.407 e. The zero-order valence-electron chi connectivity index (χ0n) is 18.3. The van der Waals surface area contributed by atoms with Gasteiger partial charge in [0.25, 0.3) is 0 Å². The number of rotatable bonds is 8. The van der Waals surface area contributed by atoms with Gasteiger partial charge in [-0.3, -0.25) is 4.79 Å². The van der Waals surface area contributed by atoms with Crippen LogP contribution in [0.5, 0.6) is 0 Å².